The standard InChI is InChI=1S/C17H12ClN5S/c18-13-6-2-1-5-12(13)11-24-16-9-8-15-20-21-17(23(15)22-16)14-7-3-4-10-19-14/h1-10H,11H2. The summed E-state index contributed by atoms with van der Waals surface area (Å²) in [5.74, 6) is 1.38. The molecule has 4 aromatic rings. The summed E-state index contributed by atoms with van der Waals surface area (Å²) in [4.78, 5) is 4.32. The van der Waals surface area contributed by atoms with Gasteiger partial charge in [-0.2, -0.15) is 9.61 Å². The highest BCUT2D eigenvalue weighted by molar-refractivity contribution is 7.98. The van der Waals surface area contributed by atoms with E-state index in [0.717, 1.165) is 27.1 Å². The molecule has 0 N–H and O–H groups in total. The maximum Gasteiger partial charge on any atom is 0.203 e. The molecule has 0 radical (unpaired) electrons. The van der Waals surface area contributed by atoms with Crippen LogP contribution < -0.4 is 0 Å². The van der Waals surface area contributed by atoms with E-state index in [-0.39, 0.29) is 0 Å². The number of rotatable bonds is 4. The van der Waals surface area contributed by atoms with Gasteiger partial charge in [-0.3, -0.25) is 4.98 Å². The van der Waals surface area contributed by atoms with Crippen molar-refractivity contribution >= 4 is 29.0 Å². The van der Waals surface area contributed by atoms with E-state index in [1.807, 2.05) is 54.6 Å². The van der Waals surface area contributed by atoms with Crippen molar-refractivity contribution in [2.24, 2.45) is 0 Å². The molecule has 0 spiro atoms. The minimum Gasteiger partial charge on any atom is -0.253 e. The Morgan fingerprint density at radius 1 is 0.958 bits per heavy atom. The first-order valence-corrected chi connectivity index (χ1v) is 8.68. The summed E-state index contributed by atoms with van der Waals surface area (Å²) in [6, 6.07) is 17.3. The molecule has 0 aliphatic carbocycles. The number of hydrogen-bond acceptors (Lipinski definition) is 5. The molecule has 3 heterocycles. The monoisotopic (exact) mass is 353 g/mol. The molecule has 4 rings (SSSR count). The van der Waals surface area contributed by atoms with Crippen LogP contribution in [-0.4, -0.2) is 24.8 Å². The molecule has 118 valence electrons. The molecule has 0 saturated carbocycles. The smallest absolute Gasteiger partial charge is 0.203 e. The van der Waals surface area contributed by atoms with E-state index in [1.165, 1.54) is 0 Å². The second kappa shape index (κ2) is 6.59. The topological polar surface area (TPSA) is 56.0 Å². The van der Waals surface area contributed by atoms with Crippen molar-refractivity contribution in [1.82, 2.24) is 24.8 Å². The highest BCUT2D eigenvalue weighted by atomic mass is 35.5. The van der Waals surface area contributed by atoms with E-state index in [0.29, 0.717) is 11.5 Å². The first-order chi connectivity index (χ1) is 11.8. The molecule has 0 aliphatic rings. The maximum absolute atomic E-state index is 6.21. The van der Waals surface area contributed by atoms with E-state index in [9.17, 15) is 0 Å². The second-order valence-electron chi connectivity index (χ2n) is 5.06. The Bertz CT molecular complexity index is 987. The van der Waals surface area contributed by atoms with Crippen molar-refractivity contribution in [1.29, 1.82) is 0 Å². The Labute approximate surface area is 147 Å². The summed E-state index contributed by atoms with van der Waals surface area (Å²) in [6.45, 7) is 0. The molecule has 24 heavy (non-hydrogen) atoms. The van der Waals surface area contributed by atoms with Gasteiger partial charge in [0.2, 0.25) is 5.82 Å². The number of pyridine rings is 1. The predicted molar refractivity (Wildman–Crippen MR) is 95.0 cm³/mol. The quantitative estimate of drug-likeness (QED) is 0.516. The van der Waals surface area contributed by atoms with Crippen LogP contribution in [0.2, 0.25) is 5.02 Å². The molecule has 3 aromatic heterocycles. The number of halogens is 1. The zero-order valence-electron chi connectivity index (χ0n) is 12.5. The molecule has 0 unspecified atom stereocenters. The van der Waals surface area contributed by atoms with Crippen molar-refractivity contribution in [3.8, 4) is 11.5 Å². The minimum atomic E-state index is 0.630. The van der Waals surface area contributed by atoms with Gasteiger partial charge >= 0.3 is 0 Å². The molecule has 0 bridgehead atoms. The Kier molecular flexibility index (Phi) is 4.15. The van der Waals surface area contributed by atoms with Crippen LogP contribution in [0.5, 0.6) is 0 Å². The minimum absolute atomic E-state index is 0.630. The lowest BCUT2D eigenvalue weighted by Crippen LogP contribution is -1.97. The molecule has 1 aromatic carbocycles. The third-order valence-electron chi connectivity index (χ3n) is 3.47. The van der Waals surface area contributed by atoms with E-state index < -0.39 is 0 Å². The van der Waals surface area contributed by atoms with Crippen molar-refractivity contribution in [3.05, 3.63) is 71.4 Å². The van der Waals surface area contributed by atoms with Gasteiger partial charge in [0.05, 0.1) is 0 Å². The predicted octanol–water partition coefficient (Wildman–Crippen LogP) is 4.13. The number of aromatic nitrogens is 5. The zero-order chi connectivity index (χ0) is 16.4. The molecule has 0 amide bonds. The van der Waals surface area contributed by atoms with Gasteiger partial charge in [0, 0.05) is 17.0 Å². The lowest BCUT2D eigenvalue weighted by atomic mass is 10.2. The fraction of sp³-hybridized carbons (Fsp3) is 0.0588. The van der Waals surface area contributed by atoms with Gasteiger partial charge in [-0.05, 0) is 35.9 Å². The lowest BCUT2D eigenvalue weighted by molar-refractivity contribution is 0.857. The van der Waals surface area contributed by atoms with Crippen LogP contribution in [0.15, 0.2) is 65.8 Å². The van der Waals surface area contributed by atoms with Crippen LogP contribution in [0.3, 0.4) is 0 Å². The van der Waals surface area contributed by atoms with Crippen LogP contribution in [0, 0.1) is 0 Å². The fourth-order valence-electron chi connectivity index (χ4n) is 2.27. The first kappa shape index (κ1) is 15.1. The van der Waals surface area contributed by atoms with Crippen LogP contribution in [-0.2, 0) is 5.75 Å². The highest BCUT2D eigenvalue weighted by Gasteiger charge is 2.11. The summed E-state index contributed by atoms with van der Waals surface area (Å²) in [5, 5.41) is 14.6. The summed E-state index contributed by atoms with van der Waals surface area (Å²) < 4.78 is 1.72. The first-order valence-electron chi connectivity index (χ1n) is 7.31. The zero-order valence-corrected chi connectivity index (χ0v) is 14.1. The SMILES string of the molecule is Clc1ccccc1CSc1ccc2nnc(-c3ccccn3)n2n1. The number of nitrogens with zero attached hydrogens (tertiary/aromatic N) is 5. The molecule has 0 aliphatic heterocycles. The highest BCUT2D eigenvalue weighted by Crippen LogP contribution is 2.26. The number of hydrogen-bond donors (Lipinski definition) is 0. The summed E-state index contributed by atoms with van der Waals surface area (Å²) in [7, 11) is 0. The Morgan fingerprint density at radius 2 is 1.83 bits per heavy atom. The van der Waals surface area contributed by atoms with Gasteiger partial charge in [-0.25, -0.2) is 0 Å². The third-order valence-corrected chi connectivity index (χ3v) is 4.80. The van der Waals surface area contributed by atoms with Gasteiger partial charge in [0.1, 0.15) is 10.7 Å². The second-order valence-corrected chi connectivity index (χ2v) is 6.46. The Balaban J connectivity index is 1.64. The van der Waals surface area contributed by atoms with E-state index in [1.54, 1.807) is 22.5 Å². The average Bonchev–Trinajstić information content (AvgIpc) is 3.05. The van der Waals surface area contributed by atoms with Crippen LogP contribution in [0.1, 0.15) is 5.56 Å². The molecule has 0 atom stereocenters. The summed E-state index contributed by atoms with van der Waals surface area (Å²) in [6.07, 6.45) is 1.73. The van der Waals surface area contributed by atoms with Gasteiger partial charge in [0.25, 0.3) is 0 Å². The van der Waals surface area contributed by atoms with E-state index in [4.69, 9.17) is 11.6 Å². The van der Waals surface area contributed by atoms with Crippen LogP contribution >= 0.6 is 23.4 Å². The van der Waals surface area contributed by atoms with Crippen molar-refractivity contribution in [2.75, 3.05) is 0 Å². The van der Waals surface area contributed by atoms with Crippen molar-refractivity contribution in [2.45, 2.75) is 10.8 Å². The van der Waals surface area contributed by atoms with Gasteiger partial charge < -0.3 is 0 Å². The third kappa shape index (κ3) is 2.98. The Hall–Kier alpha value is -2.44. The number of benzene rings is 1. The van der Waals surface area contributed by atoms with Gasteiger partial charge in [-0.15, -0.1) is 10.2 Å². The molecule has 7 heteroatoms. The van der Waals surface area contributed by atoms with Crippen molar-refractivity contribution < 1.29 is 0 Å². The number of thioether (sulfide) groups is 1. The van der Waals surface area contributed by atoms with Crippen molar-refractivity contribution in [3.63, 3.8) is 0 Å². The normalized spacial score (nSPS) is 11.0. The van der Waals surface area contributed by atoms with Gasteiger partial charge in [0.15, 0.2) is 5.65 Å². The van der Waals surface area contributed by atoms with Crippen LogP contribution in [0.4, 0.5) is 0 Å². The summed E-state index contributed by atoms with van der Waals surface area (Å²) >= 11 is 7.82. The Morgan fingerprint density at radius 3 is 2.67 bits per heavy atom. The number of fused-ring (bicyclic) bond motifs is 1. The molecule has 0 saturated heterocycles. The molecule has 5 nitrogen and oxygen atoms in total. The lowest BCUT2D eigenvalue weighted by Gasteiger charge is -2.04. The largest absolute Gasteiger partial charge is 0.253 e. The average molecular weight is 354 g/mol. The fourth-order valence-corrected chi connectivity index (χ4v) is 3.41. The molecular weight excluding hydrogens is 342 g/mol. The molecular formula is C17H12ClN5S. The van der Waals surface area contributed by atoms with Gasteiger partial charge in [-0.1, -0.05) is 47.6 Å². The molecule has 0 fully saturated rings. The maximum atomic E-state index is 6.21. The van der Waals surface area contributed by atoms with Crippen LogP contribution in [0.25, 0.3) is 17.2 Å². The van der Waals surface area contributed by atoms with E-state index >= 15 is 0 Å². The van der Waals surface area contributed by atoms with E-state index in [2.05, 4.69) is 20.3 Å². The summed E-state index contributed by atoms with van der Waals surface area (Å²) in [5.41, 5.74) is 2.52.